The van der Waals surface area contributed by atoms with Crippen LogP contribution in [0.5, 0.6) is 5.75 Å². The fraction of sp³-hybridized carbons (Fsp3) is 0.304. The van der Waals surface area contributed by atoms with Gasteiger partial charge in [-0.05, 0) is 50.8 Å². The normalized spacial score (nSPS) is 14.7. The molecule has 1 amide bonds. The molecule has 4 rings (SSSR count). The summed E-state index contributed by atoms with van der Waals surface area (Å²) in [6.07, 6.45) is 1.47. The number of hydrogen-bond donors (Lipinski definition) is 2. The van der Waals surface area contributed by atoms with Gasteiger partial charge in [-0.25, -0.2) is 12.8 Å². The van der Waals surface area contributed by atoms with Crippen LogP contribution in [-0.4, -0.2) is 60.1 Å². The number of nitrogens with one attached hydrogen (secondary N) is 1. The van der Waals surface area contributed by atoms with Crippen LogP contribution in [0.3, 0.4) is 0 Å². The van der Waals surface area contributed by atoms with Crippen LogP contribution in [0.2, 0.25) is 0 Å². The van der Waals surface area contributed by atoms with Gasteiger partial charge in [-0.2, -0.15) is 0 Å². The summed E-state index contributed by atoms with van der Waals surface area (Å²) in [5.74, 6) is -1.25. The van der Waals surface area contributed by atoms with Gasteiger partial charge in [0, 0.05) is 36.3 Å². The highest BCUT2D eigenvalue weighted by Gasteiger charge is 2.36. The Hall–Kier alpha value is -3.24. The molecule has 0 saturated carbocycles. The fourth-order valence-corrected chi connectivity index (χ4v) is 5.43. The van der Waals surface area contributed by atoms with Crippen LogP contribution < -0.4 is 4.72 Å². The van der Waals surface area contributed by atoms with Gasteiger partial charge >= 0.3 is 0 Å². The minimum absolute atomic E-state index is 0.0293. The van der Waals surface area contributed by atoms with E-state index in [9.17, 15) is 22.7 Å². The lowest BCUT2D eigenvalue weighted by Crippen LogP contribution is -2.34. The molecule has 2 N–H and O–H groups in total. The first-order valence-corrected chi connectivity index (χ1v) is 12.1. The summed E-state index contributed by atoms with van der Waals surface area (Å²) in [6.45, 7) is 2.07. The van der Waals surface area contributed by atoms with Crippen LogP contribution in [0.1, 0.15) is 28.4 Å². The van der Waals surface area contributed by atoms with E-state index in [0.29, 0.717) is 16.5 Å². The summed E-state index contributed by atoms with van der Waals surface area (Å²) in [5, 5.41) is 11.3. The molecule has 1 unspecified atom stereocenters. The van der Waals surface area contributed by atoms with E-state index in [1.165, 1.54) is 23.2 Å². The first-order chi connectivity index (χ1) is 15.6. The number of benzene rings is 2. The number of pyridine rings is 1. The third kappa shape index (κ3) is 4.49. The molecule has 0 spiro atoms. The number of hydrogen-bond acceptors (Lipinski definition) is 6. The highest BCUT2D eigenvalue weighted by Crippen LogP contribution is 2.43. The predicted molar refractivity (Wildman–Crippen MR) is 124 cm³/mol. The van der Waals surface area contributed by atoms with Gasteiger partial charge in [0.2, 0.25) is 10.0 Å². The van der Waals surface area contributed by atoms with Crippen LogP contribution in [-0.2, 0) is 23.1 Å². The molecule has 0 fully saturated rings. The summed E-state index contributed by atoms with van der Waals surface area (Å²) >= 11 is 0. The molecule has 0 aliphatic carbocycles. The van der Waals surface area contributed by atoms with Crippen LogP contribution in [0.25, 0.3) is 10.9 Å². The van der Waals surface area contributed by atoms with Crippen LogP contribution in [0.4, 0.5) is 10.1 Å². The van der Waals surface area contributed by atoms with Gasteiger partial charge in [0.05, 0.1) is 17.0 Å². The number of anilines is 1. The maximum Gasteiger partial charge on any atom is 0.258 e. The zero-order chi connectivity index (χ0) is 23.9. The second-order valence-corrected chi connectivity index (χ2v) is 10.2. The van der Waals surface area contributed by atoms with Gasteiger partial charge in [0.25, 0.3) is 5.91 Å². The van der Waals surface area contributed by atoms with Crippen molar-refractivity contribution >= 4 is 32.5 Å². The monoisotopic (exact) mass is 472 g/mol. The summed E-state index contributed by atoms with van der Waals surface area (Å²) in [6, 6.07) is 8.83. The van der Waals surface area contributed by atoms with Crippen LogP contribution in [0.15, 0.2) is 42.6 Å². The van der Waals surface area contributed by atoms with E-state index in [2.05, 4.69) is 9.71 Å². The van der Waals surface area contributed by atoms with E-state index < -0.39 is 15.9 Å². The number of nitrogens with zero attached hydrogens (tertiary/aromatic N) is 3. The van der Waals surface area contributed by atoms with Crippen LogP contribution in [0, 0.1) is 5.82 Å². The highest BCUT2D eigenvalue weighted by molar-refractivity contribution is 7.92. The van der Waals surface area contributed by atoms with Gasteiger partial charge in [0.1, 0.15) is 11.3 Å². The SMILES string of the molecule is CC(CS(=O)(=O)Nc1c2c(c(O)c3ncccc13)C(=O)N(Cc1ccc(F)cc1)C2)N(C)C. The predicted octanol–water partition coefficient (Wildman–Crippen LogP) is 2.93. The molecule has 1 aliphatic rings. The van der Waals surface area contributed by atoms with Crippen molar-refractivity contribution < 1.29 is 22.7 Å². The second kappa shape index (κ2) is 8.60. The van der Waals surface area contributed by atoms with Crippen molar-refractivity contribution in [2.24, 2.45) is 0 Å². The van der Waals surface area contributed by atoms with E-state index in [-0.39, 0.29) is 53.2 Å². The first-order valence-electron chi connectivity index (χ1n) is 10.4. The Labute approximate surface area is 191 Å². The Kier molecular flexibility index (Phi) is 5.98. The maximum atomic E-state index is 13.3. The lowest BCUT2D eigenvalue weighted by atomic mass is 10.0. The molecule has 3 aromatic rings. The molecular weight excluding hydrogens is 447 g/mol. The van der Waals surface area contributed by atoms with Crippen molar-refractivity contribution in [3.05, 3.63) is 65.1 Å². The number of phenolic OH excluding ortho intramolecular Hbond substituents is 1. The number of amides is 1. The number of aromatic hydroxyl groups is 1. The lowest BCUT2D eigenvalue weighted by Gasteiger charge is -2.21. The number of sulfonamides is 1. The average molecular weight is 473 g/mol. The molecule has 8 nitrogen and oxygen atoms in total. The number of halogens is 1. The Bertz CT molecular complexity index is 1330. The number of aromatic nitrogens is 1. The third-order valence-corrected chi connectivity index (χ3v) is 7.31. The summed E-state index contributed by atoms with van der Waals surface area (Å²) in [4.78, 5) is 20.7. The van der Waals surface area contributed by atoms with E-state index in [1.807, 2.05) is 0 Å². The molecule has 1 aromatic heterocycles. The Balaban J connectivity index is 1.77. The van der Waals surface area contributed by atoms with Crippen molar-refractivity contribution in [1.29, 1.82) is 0 Å². The van der Waals surface area contributed by atoms with Gasteiger partial charge in [0.15, 0.2) is 5.75 Å². The highest BCUT2D eigenvalue weighted by atomic mass is 32.2. The molecular formula is C23H25FN4O4S. The van der Waals surface area contributed by atoms with Crippen LogP contribution >= 0.6 is 0 Å². The van der Waals surface area contributed by atoms with Crippen molar-refractivity contribution in [1.82, 2.24) is 14.8 Å². The van der Waals surface area contributed by atoms with E-state index in [4.69, 9.17) is 0 Å². The second-order valence-electron chi connectivity index (χ2n) is 8.46. The number of carbonyl (C=O) groups excluding carboxylic acids is 1. The zero-order valence-corrected chi connectivity index (χ0v) is 19.4. The molecule has 10 heteroatoms. The summed E-state index contributed by atoms with van der Waals surface area (Å²) in [7, 11) is -0.185. The molecule has 0 bridgehead atoms. The van der Waals surface area contributed by atoms with Crippen molar-refractivity contribution in [3.63, 3.8) is 0 Å². The molecule has 0 saturated heterocycles. The van der Waals surface area contributed by atoms with Crippen molar-refractivity contribution in [2.75, 3.05) is 24.6 Å². The Morgan fingerprint density at radius 1 is 1.24 bits per heavy atom. The topological polar surface area (TPSA) is 103 Å². The number of fused-ring (bicyclic) bond motifs is 2. The van der Waals surface area contributed by atoms with Gasteiger partial charge in [-0.15, -0.1) is 0 Å². The molecule has 174 valence electrons. The standard InChI is InChI=1S/C23H25FN4O4S/c1-14(27(2)3)13-33(31,32)26-20-17-5-4-10-25-21(17)22(29)19-18(20)12-28(23(19)30)11-15-6-8-16(24)9-7-15/h4-10,14,26,29H,11-13H2,1-3H3. The molecule has 2 aromatic carbocycles. The smallest absolute Gasteiger partial charge is 0.258 e. The minimum atomic E-state index is -3.78. The molecule has 1 atom stereocenters. The minimum Gasteiger partial charge on any atom is -0.505 e. The molecule has 1 aliphatic heterocycles. The number of carbonyl (C=O) groups is 1. The summed E-state index contributed by atoms with van der Waals surface area (Å²) < 4.78 is 41.9. The molecule has 2 heterocycles. The average Bonchev–Trinajstić information content (AvgIpc) is 3.08. The van der Waals surface area contributed by atoms with Gasteiger partial charge < -0.3 is 14.9 Å². The van der Waals surface area contributed by atoms with E-state index >= 15 is 0 Å². The Morgan fingerprint density at radius 2 is 1.94 bits per heavy atom. The van der Waals surface area contributed by atoms with Crippen molar-refractivity contribution in [2.45, 2.75) is 26.1 Å². The maximum absolute atomic E-state index is 13.3. The van der Waals surface area contributed by atoms with Gasteiger partial charge in [-0.3, -0.25) is 14.5 Å². The van der Waals surface area contributed by atoms with Crippen molar-refractivity contribution in [3.8, 4) is 5.75 Å². The Morgan fingerprint density at radius 3 is 2.61 bits per heavy atom. The van der Waals surface area contributed by atoms with E-state index in [1.54, 1.807) is 50.2 Å². The summed E-state index contributed by atoms with van der Waals surface area (Å²) in [5.41, 5.74) is 1.52. The largest absolute Gasteiger partial charge is 0.505 e. The lowest BCUT2D eigenvalue weighted by molar-refractivity contribution is 0.0764. The van der Waals surface area contributed by atoms with E-state index in [0.717, 1.165) is 0 Å². The van der Waals surface area contributed by atoms with Gasteiger partial charge in [-0.1, -0.05) is 12.1 Å². The number of rotatable bonds is 7. The quantitative estimate of drug-likeness (QED) is 0.513. The third-order valence-electron chi connectivity index (χ3n) is 5.88. The first kappa shape index (κ1) is 22.9. The number of phenols is 1. The molecule has 0 radical (unpaired) electrons. The molecule has 33 heavy (non-hydrogen) atoms. The fourth-order valence-electron chi connectivity index (χ4n) is 3.87. The zero-order valence-electron chi connectivity index (χ0n) is 18.5.